The number of aryl methyl sites for hydroxylation is 1. The minimum atomic E-state index is -2.50. The summed E-state index contributed by atoms with van der Waals surface area (Å²) >= 11 is 0. The molecule has 2 unspecified atom stereocenters. The number of rotatable bonds is 4. The van der Waals surface area contributed by atoms with Crippen LogP contribution in [-0.4, -0.2) is 0 Å². The Hall–Kier alpha value is -6.91. The molecule has 0 saturated carbocycles. The fraction of sp³-hybridized carbons (Fsp3) is 0.329. The van der Waals surface area contributed by atoms with Gasteiger partial charge in [0.15, 0.2) is 6.20 Å². The lowest BCUT2D eigenvalue weighted by Crippen LogP contribution is -2.71. The minimum absolute atomic E-state index is 0.0324. The van der Waals surface area contributed by atoms with Crippen molar-refractivity contribution in [2.45, 2.75) is 150 Å². The van der Waals surface area contributed by atoms with Crippen molar-refractivity contribution in [3.8, 4) is 61.5 Å². The second-order valence-corrected chi connectivity index (χ2v) is 26.7. The van der Waals surface area contributed by atoms with Gasteiger partial charge in [0.2, 0.25) is 5.69 Å². The van der Waals surface area contributed by atoms with E-state index in [9.17, 15) is 4.11 Å². The highest BCUT2D eigenvalue weighted by atomic mass is 16.5. The van der Waals surface area contributed by atoms with Gasteiger partial charge in [0.1, 0.15) is 17.5 Å². The number of anilines is 3. The molecular weight excluding hydrogens is 899 g/mol. The Morgan fingerprint density at radius 1 is 0.486 bits per heavy atom. The molecule has 4 heteroatoms. The van der Waals surface area contributed by atoms with Crippen LogP contribution in [0.5, 0.6) is 5.75 Å². The van der Waals surface area contributed by atoms with Gasteiger partial charge in [-0.05, 0) is 132 Å². The van der Waals surface area contributed by atoms with Gasteiger partial charge in [-0.2, -0.15) is 0 Å². The number of aromatic nitrogens is 1. The molecule has 4 nitrogen and oxygen atoms in total. The molecule has 0 aliphatic carbocycles. The summed E-state index contributed by atoms with van der Waals surface area (Å²) in [6, 6.07) is 53.1. The van der Waals surface area contributed by atoms with Crippen molar-refractivity contribution in [1.82, 2.24) is 0 Å². The van der Waals surface area contributed by atoms with Crippen molar-refractivity contribution >= 4 is 17.1 Å². The summed E-state index contributed by atoms with van der Waals surface area (Å²) in [5, 5.41) is 0. The topological polar surface area (TPSA) is 19.6 Å². The van der Waals surface area contributed by atoms with Gasteiger partial charge >= 0.3 is 5.85 Å². The number of para-hydroxylation sites is 1. The molecule has 0 fully saturated rings. The predicted octanol–water partition coefficient (Wildman–Crippen LogP) is 18.1. The molecule has 0 N–H and O–H groups in total. The third-order valence-corrected chi connectivity index (χ3v) is 16.4. The quantitative estimate of drug-likeness (QED) is 0.164. The van der Waals surface area contributed by atoms with Gasteiger partial charge in [-0.15, -0.1) is 4.57 Å². The number of hydrogen-bond acceptors (Lipinski definition) is 3. The van der Waals surface area contributed by atoms with Crippen LogP contribution in [0.25, 0.3) is 55.8 Å². The Labute approximate surface area is 445 Å². The zero-order valence-electron chi connectivity index (χ0n) is 49.3. The van der Waals surface area contributed by atoms with Gasteiger partial charge < -0.3 is 9.64 Å². The number of pyridine rings is 1. The summed E-state index contributed by atoms with van der Waals surface area (Å²) in [6.07, 6.45) is 1.72. The van der Waals surface area contributed by atoms with Crippen LogP contribution < -0.4 is 19.1 Å². The lowest BCUT2D eigenvalue weighted by Gasteiger charge is -2.49. The molecule has 2 atom stereocenters. The Kier molecular flexibility index (Phi) is 9.52. The molecule has 0 saturated heterocycles. The number of fused-ring (bicyclic) bond motifs is 5. The van der Waals surface area contributed by atoms with E-state index in [1.54, 1.807) is 0 Å². The van der Waals surface area contributed by atoms with E-state index in [2.05, 4.69) is 258 Å². The first kappa shape index (κ1) is 44.6. The first-order chi connectivity index (χ1) is 36.0. The van der Waals surface area contributed by atoms with Gasteiger partial charge in [0, 0.05) is 44.2 Å². The molecule has 0 amide bonds. The highest BCUT2D eigenvalue weighted by Gasteiger charge is 2.70. The van der Waals surface area contributed by atoms with E-state index in [1.807, 2.05) is 12.1 Å². The molecule has 8 aromatic rings. The van der Waals surface area contributed by atoms with Crippen molar-refractivity contribution < 1.29 is 13.4 Å². The number of ether oxygens (including phenoxy) is 1. The van der Waals surface area contributed by atoms with E-state index in [0.717, 1.165) is 95.1 Å². The third-order valence-electron chi connectivity index (χ3n) is 16.4. The Bertz CT molecular complexity index is 3740. The minimum Gasteiger partial charge on any atom is -0.410 e. The molecule has 0 radical (unpaired) electrons. The van der Waals surface area contributed by atoms with Crippen molar-refractivity contribution in [2.75, 3.05) is 9.80 Å². The van der Waals surface area contributed by atoms with Crippen LogP contribution in [0.1, 0.15) is 159 Å². The van der Waals surface area contributed by atoms with E-state index in [4.69, 9.17) is 4.74 Å². The van der Waals surface area contributed by atoms with Gasteiger partial charge in [0.05, 0.1) is 16.9 Å². The van der Waals surface area contributed by atoms with Crippen molar-refractivity contribution in [3.05, 3.63) is 196 Å². The van der Waals surface area contributed by atoms with Crippen LogP contribution in [0, 0.1) is 6.85 Å². The van der Waals surface area contributed by atoms with Crippen molar-refractivity contribution in [1.29, 1.82) is 0 Å². The van der Waals surface area contributed by atoms with Crippen LogP contribution in [0.15, 0.2) is 152 Å². The maximum atomic E-state index is 9.58. The molecule has 0 bridgehead atoms. The molecule has 12 rings (SSSR count). The first-order valence-electron chi connectivity index (χ1n) is 28.3. The highest BCUT2D eigenvalue weighted by Crippen LogP contribution is 2.68. The summed E-state index contributed by atoms with van der Waals surface area (Å²) < 4.78 is 39.3. The fourth-order valence-electron chi connectivity index (χ4n) is 12.4. The number of nitrogens with zero attached hydrogens (tertiary/aromatic N) is 3. The first-order valence-corrected chi connectivity index (χ1v) is 26.8. The maximum absolute atomic E-state index is 9.58. The molecular formula is C70H74N3O+. The van der Waals surface area contributed by atoms with Crippen molar-refractivity contribution in [2.24, 2.45) is 0 Å². The molecule has 7 aromatic carbocycles. The lowest BCUT2D eigenvalue weighted by atomic mass is 9.77. The smallest absolute Gasteiger partial charge is 0.410 e. The van der Waals surface area contributed by atoms with Gasteiger partial charge in [-0.25, -0.2) is 4.90 Å². The van der Waals surface area contributed by atoms with E-state index in [-0.39, 0.29) is 27.1 Å². The Balaban J connectivity index is 1.18. The predicted molar refractivity (Wildman–Crippen MR) is 310 cm³/mol. The average Bonchev–Trinajstić information content (AvgIpc) is 3.90. The van der Waals surface area contributed by atoms with Gasteiger partial charge in [-0.1, -0.05) is 201 Å². The molecule has 74 heavy (non-hydrogen) atoms. The Morgan fingerprint density at radius 2 is 1.12 bits per heavy atom. The summed E-state index contributed by atoms with van der Waals surface area (Å²) in [4.78, 5) is 4.88. The van der Waals surface area contributed by atoms with Crippen LogP contribution >= 0.6 is 0 Å². The van der Waals surface area contributed by atoms with Crippen LogP contribution in [0.3, 0.4) is 0 Å². The second kappa shape index (κ2) is 15.8. The van der Waals surface area contributed by atoms with E-state index in [1.165, 1.54) is 16.7 Å². The fourth-order valence-corrected chi connectivity index (χ4v) is 12.4. The third kappa shape index (κ3) is 7.10. The van der Waals surface area contributed by atoms with Gasteiger partial charge in [-0.3, -0.25) is 0 Å². The lowest BCUT2D eigenvalue weighted by molar-refractivity contribution is -0.774. The molecule has 374 valence electrons. The van der Waals surface area contributed by atoms with Crippen LogP contribution in [0.2, 0.25) is 0 Å². The molecule has 1 aromatic heterocycles. The second-order valence-electron chi connectivity index (χ2n) is 26.7. The SMILES string of the molecule is [2H]C([2H])([2H])c1cc(-c2c(-c3ccccc3)cccc2C(C)(C)C)ccc1N1c2cccc3c2N2C1c1cc(C(C)(C)C)cc(C(C)(C)C)c1OC21c2c-3cc(C(C)(C)C)cc2-c2cc(-c3ccc(C(C)(C)C)cc3)cc[n+]21. The normalized spacial score (nSPS) is 18.2. The summed E-state index contributed by atoms with van der Waals surface area (Å²) in [6.45, 7) is 31.6. The Morgan fingerprint density at radius 3 is 1.78 bits per heavy atom. The summed E-state index contributed by atoms with van der Waals surface area (Å²) in [5.41, 5.74) is 20.9. The maximum Gasteiger partial charge on any atom is 0.432 e. The van der Waals surface area contributed by atoms with Crippen LogP contribution in [-0.2, 0) is 32.9 Å². The molecule has 4 aliphatic heterocycles. The van der Waals surface area contributed by atoms with Gasteiger partial charge in [0.25, 0.3) is 0 Å². The average molecular weight is 976 g/mol. The molecule has 5 heterocycles. The highest BCUT2D eigenvalue weighted by molar-refractivity contribution is 6.02. The summed E-state index contributed by atoms with van der Waals surface area (Å²) in [7, 11) is 0. The molecule has 1 spiro atoms. The summed E-state index contributed by atoms with van der Waals surface area (Å²) in [5.74, 6) is -0.370. The largest absolute Gasteiger partial charge is 0.432 e. The standard InChI is InChI=1S/C70H74N3O/c1-42-36-46(60-50(44-22-18-17-19-23-44)24-20-26-55(60)68(11,12)13)30-33-57(42)72-58-27-21-25-51-52-38-48(66(5,6)7)39-53-59-37-45(43-28-31-47(32-29-43)65(2,3)4)34-35-71(59)70(61(52)53)73(62(51)58)64(72)54-40-49(67(8,9)10)41-56(63(54)74-70)69(14,15)16/h17-41,64H,1-16H3/q+1/i1D3. The van der Waals surface area contributed by atoms with Crippen LogP contribution in [0.4, 0.5) is 17.1 Å². The zero-order chi connectivity index (χ0) is 54.9. The van der Waals surface area contributed by atoms with Crippen molar-refractivity contribution in [3.63, 3.8) is 0 Å². The monoisotopic (exact) mass is 976 g/mol. The molecule has 4 aliphatic rings. The van der Waals surface area contributed by atoms with E-state index in [0.29, 0.717) is 11.3 Å². The van der Waals surface area contributed by atoms with E-state index >= 15 is 0 Å². The zero-order valence-corrected chi connectivity index (χ0v) is 46.3. The van der Waals surface area contributed by atoms with E-state index < -0.39 is 18.9 Å². The number of benzene rings is 7. The number of hydrogen-bond donors (Lipinski definition) is 0.